The van der Waals surface area contributed by atoms with Gasteiger partial charge in [-0.2, -0.15) is 0 Å². The van der Waals surface area contributed by atoms with Crippen LogP contribution in [0, 0.1) is 17.8 Å². The number of hydrogen-bond donors (Lipinski definition) is 2. The van der Waals surface area contributed by atoms with Crippen molar-refractivity contribution >= 4 is 18.3 Å². The highest BCUT2D eigenvalue weighted by Crippen LogP contribution is 2.25. The third-order valence-electron chi connectivity index (χ3n) is 3.95. The predicted octanol–water partition coefficient (Wildman–Crippen LogP) is 2.33. The molecule has 4 heteroatoms. The van der Waals surface area contributed by atoms with Gasteiger partial charge in [0.25, 0.3) is 0 Å². The van der Waals surface area contributed by atoms with Crippen LogP contribution in [0.2, 0.25) is 0 Å². The molecule has 0 aliphatic heterocycles. The minimum atomic E-state index is 0. The maximum Gasteiger partial charge on any atom is 0.220 e. The highest BCUT2D eigenvalue weighted by molar-refractivity contribution is 5.85. The highest BCUT2D eigenvalue weighted by Gasteiger charge is 2.27. The smallest absolute Gasteiger partial charge is 0.220 e. The molecule has 1 rings (SSSR count). The first-order valence-corrected chi connectivity index (χ1v) is 6.54. The molecule has 0 spiro atoms. The lowest BCUT2D eigenvalue weighted by atomic mass is 9.94. The van der Waals surface area contributed by atoms with Crippen molar-refractivity contribution in [1.29, 1.82) is 0 Å². The molecule has 0 aromatic carbocycles. The van der Waals surface area contributed by atoms with Crippen LogP contribution in [0.1, 0.15) is 46.5 Å². The molecule has 3 N–H and O–H groups in total. The second kappa shape index (κ2) is 7.93. The van der Waals surface area contributed by atoms with Crippen LogP contribution in [0.15, 0.2) is 0 Å². The van der Waals surface area contributed by atoms with E-state index in [4.69, 9.17) is 5.73 Å². The molecule has 17 heavy (non-hydrogen) atoms. The van der Waals surface area contributed by atoms with E-state index < -0.39 is 0 Å². The van der Waals surface area contributed by atoms with Gasteiger partial charge >= 0.3 is 0 Å². The van der Waals surface area contributed by atoms with Crippen LogP contribution in [0.5, 0.6) is 0 Å². The van der Waals surface area contributed by atoms with Crippen LogP contribution in [-0.4, -0.2) is 18.5 Å². The first-order valence-electron chi connectivity index (χ1n) is 6.54. The Balaban J connectivity index is 0.00000256. The van der Waals surface area contributed by atoms with Crippen LogP contribution < -0.4 is 11.1 Å². The summed E-state index contributed by atoms with van der Waals surface area (Å²) in [5.74, 6) is 1.72. The third kappa shape index (κ3) is 5.26. The Morgan fingerprint density at radius 1 is 1.35 bits per heavy atom. The molecule has 0 aromatic rings. The van der Waals surface area contributed by atoms with Crippen molar-refractivity contribution in [2.45, 2.75) is 52.5 Å². The van der Waals surface area contributed by atoms with Gasteiger partial charge in [-0.3, -0.25) is 4.79 Å². The van der Waals surface area contributed by atoms with Gasteiger partial charge < -0.3 is 11.1 Å². The van der Waals surface area contributed by atoms with E-state index in [9.17, 15) is 4.79 Å². The van der Waals surface area contributed by atoms with E-state index >= 15 is 0 Å². The highest BCUT2D eigenvalue weighted by atomic mass is 35.5. The number of nitrogens with two attached hydrogens (primary N) is 1. The summed E-state index contributed by atoms with van der Waals surface area (Å²) in [5, 5.41) is 3.15. The second-order valence-corrected chi connectivity index (χ2v) is 5.53. The van der Waals surface area contributed by atoms with Crippen molar-refractivity contribution in [2.75, 3.05) is 6.54 Å². The monoisotopic (exact) mass is 262 g/mol. The average molecular weight is 263 g/mol. The SMILES string of the molecule is CC(C)C(C)CC(=O)NC1CCCC1CN.Cl. The lowest BCUT2D eigenvalue weighted by Crippen LogP contribution is -2.40. The van der Waals surface area contributed by atoms with E-state index in [0.717, 1.165) is 6.42 Å². The fourth-order valence-corrected chi connectivity index (χ4v) is 2.30. The van der Waals surface area contributed by atoms with Gasteiger partial charge in [-0.25, -0.2) is 0 Å². The number of halogens is 1. The van der Waals surface area contributed by atoms with Gasteiger partial charge in [-0.15, -0.1) is 12.4 Å². The number of carbonyl (C=O) groups excluding carboxylic acids is 1. The Bertz CT molecular complexity index is 233. The first-order chi connectivity index (χ1) is 7.54. The zero-order valence-electron chi connectivity index (χ0n) is 11.2. The largest absolute Gasteiger partial charge is 0.353 e. The number of rotatable bonds is 5. The van der Waals surface area contributed by atoms with E-state index in [1.165, 1.54) is 12.8 Å². The molecule has 3 atom stereocenters. The average Bonchev–Trinajstić information content (AvgIpc) is 2.64. The number of carbonyl (C=O) groups is 1. The molecular formula is C13H27ClN2O. The fraction of sp³-hybridized carbons (Fsp3) is 0.923. The van der Waals surface area contributed by atoms with Gasteiger partial charge in [0.2, 0.25) is 5.91 Å². The summed E-state index contributed by atoms with van der Waals surface area (Å²) in [4.78, 5) is 11.8. The predicted molar refractivity (Wildman–Crippen MR) is 74.2 cm³/mol. The quantitative estimate of drug-likeness (QED) is 0.799. The number of hydrogen-bond acceptors (Lipinski definition) is 2. The molecular weight excluding hydrogens is 236 g/mol. The van der Waals surface area contributed by atoms with Crippen molar-refractivity contribution in [1.82, 2.24) is 5.32 Å². The van der Waals surface area contributed by atoms with E-state index in [-0.39, 0.29) is 18.3 Å². The zero-order chi connectivity index (χ0) is 12.1. The zero-order valence-corrected chi connectivity index (χ0v) is 12.1. The summed E-state index contributed by atoms with van der Waals surface area (Å²) in [6.45, 7) is 7.16. The lowest BCUT2D eigenvalue weighted by Gasteiger charge is -2.21. The van der Waals surface area contributed by atoms with Gasteiger partial charge in [0, 0.05) is 12.5 Å². The Kier molecular flexibility index (Phi) is 7.80. The van der Waals surface area contributed by atoms with Gasteiger partial charge in [-0.05, 0) is 37.1 Å². The van der Waals surface area contributed by atoms with Crippen molar-refractivity contribution in [3.63, 3.8) is 0 Å². The number of nitrogens with one attached hydrogen (secondary N) is 1. The molecule has 0 bridgehead atoms. The van der Waals surface area contributed by atoms with Crippen molar-refractivity contribution in [3.8, 4) is 0 Å². The molecule has 0 radical (unpaired) electrons. The Labute approximate surface area is 111 Å². The lowest BCUT2D eigenvalue weighted by molar-refractivity contribution is -0.123. The maximum atomic E-state index is 11.8. The minimum absolute atomic E-state index is 0. The van der Waals surface area contributed by atoms with Crippen LogP contribution in [0.25, 0.3) is 0 Å². The second-order valence-electron chi connectivity index (χ2n) is 5.53. The van der Waals surface area contributed by atoms with Gasteiger partial charge in [0.05, 0.1) is 0 Å². The summed E-state index contributed by atoms with van der Waals surface area (Å²) >= 11 is 0. The Morgan fingerprint density at radius 3 is 2.53 bits per heavy atom. The standard InChI is InChI=1S/C13H26N2O.ClH/c1-9(2)10(3)7-13(16)15-12-6-4-5-11(12)8-14;/h9-12H,4-8,14H2,1-3H3,(H,15,16);1H. The molecule has 3 nitrogen and oxygen atoms in total. The van der Waals surface area contributed by atoms with Gasteiger partial charge in [0.1, 0.15) is 0 Å². The fourth-order valence-electron chi connectivity index (χ4n) is 2.30. The van der Waals surface area contributed by atoms with Crippen LogP contribution in [-0.2, 0) is 4.79 Å². The van der Waals surface area contributed by atoms with Crippen molar-refractivity contribution in [2.24, 2.45) is 23.5 Å². The van der Waals surface area contributed by atoms with E-state index in [1.807, 2.05) is 0 Å². The molecule has 1 fully saturated rings. The number of amides is 1. The van der Waals surface area contributed by atoms with Crippen LogP contribution in [0.4, 0.5) is 0 Å². The van der Waals surface area contributed by atoms with Gasteiger partial charge in [-0.1, -0.05) is 27.2 Å². The Hall–Kier alpha value is -0.280. The summed E-state index contributed by atoms with van der Waals surface area (Å²) in [6, 6.07) is 0.330. The molecule has 3 unspecified atom stereocenters. The molecule has 0 saturated heterocycles. The third-order valence-corrected chi connectivity index (χ3v) is 3.95. The normalized spacial score (nSPS) is 25.5. The molecule has 1 aliphatic rings. The van der Waals surface area contributed by atoms with Crippen molar-refractivity contribution < 1.29 is 4.79 Å². The molecule has 0 heterocycles. The summed E-state index contributed by atoms with van der Waals surface area (Å²) in [5.41, 5.74) is 5.70. The van der Waals surface area contributed by atoms with E-state index in [2.05, 4.69) is 26.1 Å². The van der Waals surface area contributed by atoms with Gasteiger partial charge in [0.15, 0.2) is 0 Å². The summed E-state index contributed by atoms with van der Waals surface area (Å²) in [6.07, 6.45) is 4.11. The molecule has 102 valence electrons. The topological polar surface area (TPSA) is 55.1 Å². The molecule has 1 saturated carbocycles. The van der Waals surface area contributed by atoms with Crippen LogP contribution in [0.3, 0.4) is 0 Å². The molecule has 1 aliphatic carbocycles. The molecule has 1 amide bonds. The van der Waals surface area contributed by atoms with E-state index in [1.54, 1.807) is 0 Å². The minimum Gasteiger partial charge on any atom is -0.353 e. The summed E-state index contributed by atoms with van der Waals surface area (Å²) in [7, 11) is 0. The first kappa shape index (κ1) is 16.7. The summed E-state index contributed by atoms with van der Waals surface area (Å²) < 4.78 is 0. The molecule has 0 aromatic heterocycles. The maximum absolute atomic E-state index is 11.8. The van der Waals surface area contributed by atoms with E-state index in [0.29, 0.717) is 36.8 Å². The van der Waals surface area contributed by atoms with Crippen LogP contribution >= 0.6 is 12.4 Å². The Morgan fingerprint density at radius 2 is 2.00 bits per heavy atom. The van der Waals surface area contributed by atoms with Crippen molar-refractivity contribution in [3.05, 3.63) is 0 Å².